The van der Waals surface area contributed by atoms with Crippen molar-refractivity contribution < 1.29 is 24.0 Å². The van der Waals surface area contributed by atoms with Gasteiger partial charge in [-0.3, -0.25) is 19.7 Å². The summed E-state index contributed by atoms with van der Waals surface area (Å²) >= 11 is 0. The molecule has 1 heterocycles. The fourth-order valence-corrected chi connectivity index (χ4v) is 3.74. The van der Waals surface area contributed by atoms with Gasteiger partial charge in [0.1, 0.15) is 11.6 Å². The molecule has 0 aromatic heterocycles. The van der Waals surface area contributed by atoms with Gasteiger partial charge in [0.25, 0.3) is 17.4 Å². The van der Waals surface area contributed by atoms with E-state index in [9.17, 15) is 29.2 Å². The van der Waals surface area contributed by atoms with Gasteiger partial charge in [-0.05, 0) is 23.8 Å². The number of nitro benzene ring substituents is 1. The number of halogens is 1. The van der Waals surface area contributed by atoms with Gasteiger partial charge >= 0.3 is 0 Å². The van der Waals surface area contributed by atoms with Crippen LogP contribution in [-0.4, -0.2) is 26.6 Å². The van der Waals surface area contributed by atoms with Crippen LogP contribution in [0, 0.1) is 15.9 Å². The lowest BCUT2D eigenvalue weighted by Gasteiger charge is -2.25. The zero-order chi connectivity index (χ0) is 22.8. The number of likely N-dealkylation sites (tertiary alicyclic amines) is 1. The fourth-order valence-electron chi connectivity index (χ4n) is 3.74. The van der Waals surface area contributed by atoms with Crippen LogP contribution in [0.3, 0.4) is 0 Å². The summed E-state index contributed by atoms with van der Waals surface area (Å²) in [6.45, 7) is 0.0292. The molecule has 1 fully saturated rings. The second-order valence-corrected chi connectivity index (χ2v) is 7.24. The number of hydrogen-bond acceptors (Lipinski definition) is 5. The molecular weight excluding hydrogens is 415 g/mol. The highest BCUT2D eigenvalue weighted by Crippen LogP contribution is 2.41. The summed E-state index contributed by atoms with van der Waals surface area (Å²) in [4.78, 5) is 37.4. The minimum absolute atomic E-state index is 0.0292. The minimum atomic E-state index is -1.16. The van der Waals surface area contributed by atoms with Crippen LogP contribution in [0.25, 0.3) is 5.76 Å². The Balaban J connectivity index is 1.86. The van der Waals surface area contributed by atoms with Crippen LogP contribution in [0.2, 0.25) is 0 Å². The highest BCUT2D eigenvalue weighted by atomic mass is 19.1. The number of benzene rings is 3. The zero-order valence-electron chi connectivity index (χ0n) is 16.6. The molecule has 7 nitrogen and oxygen atoms in total. The molecule has 1 amide bonds. The van der Waals surface area contributed by atoms with Crippen LogP contribution in [0.5, 0.6) is 0 Å². The van der Waals surface area contributed by atoms with Crippen molar-refractivity contribution in [1.29, 1.82) is 0 Å². The standard InChI is InChI=1S/C24H17FN2O5/c25-19-9-5-4-8-18(19)21-20(22(28)16-10-12-17(13-11-16)27(31)32)23(29)24(30)26(21)14-15-6-2-1-3-7-15/h1-13,21,28H,14H2. The van der Waals surface area contributed by atoms with Gasteiger partial charge in [0.15, 0.2) is 0 Å². The maximum atomic E-state index is 14.8. The molecule has 1 unspecified atom stereocenters. The predicted molar refractivity (Wildman–Crippen MR) is 114 cm³/mol. The molecule has 0 radical (unpaired) electrons. The Morgan fingerprint density at radius 1 is 0.969 bits per heavy atom. The third-order valence-electron chi connectivity index (χ3n) is 5.29. The van der Waals surface area contributed by atoms with Gasteiger partial charge in [-0.25, -0.2) is 4.39 Å². The third kappa shape index (κ3) is 3.74. The number of non-ortho nitro benzene ring substituents is 1. The van der Waals surface area contributed by atoms with Crippen LogP contribution in [0.4, 0.5) is 10.1 Å². The van der Waals surface area contributed by atoms with Crippen LogP contribution < -0.4 is 0 Å². The predicted octanol–water partition coefficient (Wildman–Crippen LogP) is 4.36. The van der Waals surface area contributed by atoms with E-state index in [1.165, 1.54) is 47.4 Å². The number of amides is 1. The van der Waals surface area contributed by atoms with E-state index in [1.807, 2.05) is 0 Å². The first-order chi connectivity index (χ1) is 15.4. The normalized spacial score (nSPS) is 17.5. The van der Waals surface area contributed by atoms with Crippen molar-refractivity contribution in [2.75, 3.05) is 0 Å². The summed E-state index contributed by atoms with van der Waals surface area (Å²) in [6.07, 6.45) is 0. The number of carbonyl (C=O) groups excluding carboxylic acids is 2. The molecule has 8 heteroatoms. The summed E-state index contributed by atoms with van der Waals surface area (Å²) < 4.78 is 14.8. The molecule has 3 aromatic rings. The molecule has 1 aliphatic rings. The van der Waals surface area contributed by atoms with Crippen LogP contribution >= 0.6 is 0 Å². The number of ketones is 1. The number of Topliss-reactive ketones (excluding diaryl/α,β-unsaturated/α-hetero) is 1. The molecule has 0 saturated carbocycles. The van der Waals surface area contributed by atoms with Crippen molar-refractivity contribution >= 4 is 23.1 Å². The van der Waals surface area contributed by atoms with Gasteiger partial charge < -0.3 is 10.0 Å². The Kier molecular flexibility index (Phi) is 5.51. The lowest BCUT2D eigenvalue weighted by atomic mass is 9.94. The second kappa shape index (κ2) is 8.43. The van der Waals surface area contributed by atoms with Crippen LogP contribution in [0.1, 0.15) is 22.7 Å². The van der Waals surface area contributed by atoms with Crippen molar-refractivity contribution in [1.82, 2.24) is 4.90 Å². The Morgan fingerprint density at radius 2 is 1.59 bits per heavy atom. The number of aliphatic hydroxyl groups is 1. The minimum Gasteiger partial charge on any atom is -0.507 e. The van der Waals surface area contributed by atoms with Gasteiger partial charge in [0.2, 0.25) is 0 Å². The maximum absolute atomic E-state index is 14.8. The van der Waals surface area contributed by atoms with Gasteiger partial charge in [-0.2, -0.15) is 0 Å². The highest BCUT2D eigenvalue weighted by molar-refractivity contribution is 6.46. The van der Waals surface area contributed by atoms with Gasteiger partial charge in [0.05, 0.1) is 16.5 Å². The van der Waals surface area contributed by atoms with Crippen LogP contribution in [-0.2, 0) is 16.1 Å². The van der Waals surface area contributed by atoms with E-state index in [-0.39, 0.29) is 28.9 Å². The van der Waals surface area contributed by atoms with E-state index >= 15 is 0 Å². The average molecular weight is 432 g/mol. The van der Waals surface area contributed by atoms with E-state index in [1.54, 1.807) is 36.4 Å². The summed E-state index contributed by atoms with van der Waals surface area (Å²) in [5.74, 6) is -2.98. The first-order valence-corrected chi connectivity index (χ1v) is 9.70. The topological polar surface area (TPSA) is 101 Å². The molecule has 0 spiro atoms. The van der Waals surface area contributed by atoms with Gasteiger partial charge in [-0.1, -0.05) is 48.5 Å². The lowest BCUT2D eigenvalue weighted by molar-refractivity contribution is -0.384. The molecular formula is C24H17FN2O5. The van der Waals surface area contributed by atoms with E-state index < -0.39 is 34.2 Å². The fraction of sp³-hybridized carbons (Fsp3) is 0.0833. The van der Waals surface area contributed by atoms with Gasteiger partial charge in [0, 0.05) is 29.8 Å². The second-order valence-electron chi connectivity index (χ2n) is 7.24. The number of nitro groups is 1. The quantitative estimate of drug-likeness (QED) is 0.212. The zero-order valence-corrected chi connectivity index (χ0v) is 16.6. The number of rotatable bonds is 5. The summed E-state index contributed by atoms with van der Waals surface area (Å²) in [5.41, 5.74) is 0.424. The van der Waals surface area contributed by atoms with Crippen molar-refractivity contribution in [2.45, 2.75) is 12.6 Å². The molecule has 0 aliphatic carbocycles. The smallest absolute Gasteiger partial charge is 0.295 e. The Labute approximate surface area is 182 Å². The molecule has 4 rings (SSSR count). The Morgan fingerprint density at radius 3 is 2.22 bits per heavy atom. The molecule has 160 valence electrons. The molecule has 1 aliphatic heterocycles. The van der Waals surface area contributed by atoms with E-state index in [4.69, 9.17) is 0 Å². The van der Waals surface area contributed by atoms with Gasteiger partial charge in [-0.15, -0.1) is 0 Å². The largest absolute Gasteiger partial charge is 0.507 e. The maximum Gasteiger partial charge on any atom is 0.295 e. The number of nitrogens with zero attached hydrogens (tertiary/aromatic N) is 2. The first-order valence-electron chi connectivity index (χ1n) is 9.70. The van der Waals surface area contributed by atoms with E-state index in [2.05, 4.69) is 0 Å². The summed E-state index contributed by atoms with van der Waals surface area (Å²) in [6, 6.07) is 18.4. The SMILES string of the molecule is O=C1C(=O)N(Cc2ccccc2)C(c2ccccc2F)C1=C(O)c1ccc([N+](=O)[O-])cc1. The van der Waals surface area contributed by atoms with E-state index in [0.29, 0.717) is 0 Å². The number of hydrogen-bond donors (Lipinski definition) is 1. The molecule has 3 aromatic carbocycles. The van der Waals surface area contributed by atoms with Crippen molar-refractivity contribution in [3.63, 3.8) is 0 Å². The average Bonchev–Trinajstić information content (AvgIpc) is 3.04. The third-order valence-corrected chi connectivity index (χ3v) is 5.29. The van der Waals surface area contributed by atoms with Crippen molar-refractivity contribution in [3.05, 3.63) is 117 Å². The summed E-state index contributed by atoms with van der Waals surface area (Å²) in [5, 5.41) is 21.8. The molecule has 32 heavy (non-hydrogen) atoms. The monoisotopic (exact) mass is 432 g/mol. The molecule has 1 saturated heterocycles. The lowest BCUT2D eigenvalue weighted by Crippen LogP contribution is -2.29. The first kappa shape index (κ1) is 20.9. The van der Waals surface area contributed by atoms with E-state index in [0.717, 1.165) is 5.56 Å². The number of aliphatic hydroxyl groups excluding tert-OH is 1. The van der Waals surface area contributed by atoms with Crippen molar-refractivity contribution in [3.8, 4) is 0 Å². The summed E-state index contributed by atoms with van der Waals surface area (Å²) in [7, 11) is 0. The van der Waals surface area contributed by atoms with Crippen molar-refractivity contribution in [2.24, 2.45) is 0 Å². The Hall–Kier alpha value is -4.33. The van der Waals surface area contributed by atoms with Crippen LogP contribution in [0.15, 0.2) is 84.4 Å². The number of carbonyl (C=O) groups is 2. The molecule has 0 bridgehead atoms. The molecule has 1 atom stereocenters. The molecule has 1 N–H and O–H groups in total. The highest BCUT2D eigenvalue weighted by Gasteiger charge is 2.46. The Bertz CT molecular complexity index is 1240.